The van der Waals surface area contributed by atoms with Crippen molar-refractivity contribution in [3.05, 3.63) is 30.1 Å². The number of aromatic nitrogens is 3. The minimum atomic E-state index is 0.795. The molecule has 0 aliphatic rings. The van der Waals surface area contributed by atoms with Gasteiger partial charge in [0.25, 0.3) is 0 Å². The summed E-state index contributed by atoms with van der Waals surface area (Å²) >= 11 is 0. The number of rotatable bonds is 3. The van der Waals surface area contributed by atoms with Gasteiger partial charge in [-0.1, -0.05) is 19.1 Å². The molecule has 2 rings (SSSR count). The summed E-state index contributed by atoms with van der Waals surface area (Å²) in [5, 5.41) is 8.12. The Bertz CT molecular complexity index is 488. The molecule has 0 amide bonds. The number of benzene rings is 1. The third-order valence-electron chi connectivity index (χ3n) is 2.70. The predicted molar refractivity (Wildman–Crippen MR) is 64.9 cm³/mol. The molecule has 0 spiro atoms. The third-order valence-corrected chi connectivity index (χ3v) is 2.70. The van der Waals surface area contributed by atoms with Gasteiger partial charge in [0.1, 0.15) is 6.33 Å². The second kappa shape index (κ2) is 4.35. The molecule has 0 fully saturated rings. The average molecular weight is 216 g/mol. The number of hydrogen-bond donors (Lipinski definition) is 1. The molecule has 0 saturated carbocycles. The van der Waals surface area contributed by atoms with Crippen LogP contribution < -0.4 is 5.73 Å². The predicted octanol–water partition coefficient (Wildman–Crippen LogP) is 2.25. The zero-order chi connectivity index (χ0) is 11.5. The standard InChI is InChI=1S/C12H16N4/c1-3-7-16-8-14-15-12(16)10-5-4-6-11(13)9(10)2/h4-6,8H,3,7,13H2,1-2H3. The van der Waals surface area contributed by atoms with E-state index in [1.165, 1.54) is 0 Å². The van der Waals surface area contributed by atoms with Gasteiger partial charge < -0.3 is 10.3 Å². The second-order valence-electron chi connectivity index (χ2n) is 3.87. The molecule has 16 heavy (non-hydrogen) atoms. The quantitative estimate of drug-likeness (QED) is 0.800. The minimum absolute atomic E-state index is 0.795. The largest absolute Gasteiger partial charge is 0.398 e. The molecule has 1 heterocycles. The molecule has 0 atom stereocenters. The zero-order valence-corrected chi connectivity index (χ0v) is 9.64. The van der Waals surface area contributed by atoms with Gasteiger partial charge in [-0.05, 0) is 25.0 Å². The summed E-state index contributed by atoms with van der Waals surface area (Å²) < 4.78 is 2.06. The SMILES string of the molecule is CCCn1cnnc1-c1cccc(N)c1C. The lowest BCUT2D eigenvalue weighted by Gasteiger charge is -2.09. The Balaban J connectivity index is 2.50. The second-order valence-corrected chi connectivity index (χ2v) is 3.87. The molecule has 4 heteroatoms. The van der Waals surface area contributed by atoms with Crippen LogP contribution in [0.25, 0.3) is 11.4 Å². The highest BCUT2D eigenvalue weighted by Crippen LogP contribution is 2.25. The van der Waals surface area contributed by atoms with Crippen LogP contribution in [0.4, 0.5) is 5.69 Å². The molecule has 84 valence electrons. The maximum atomic E-state index is 5.89. The lowest BCUT2D eigenvalue weighted by molar-refractivity contribution is 0.682. The Morgan fingerprint density at radius 2 is 2.19 bits per heavy atom. The van der Waals surface area contributed by atoms with E-state index in [0.29, 0.717) is 0 Å². The first kappa shape index (κ1) is 10.7. The molecule has 4 nitrogen and oxygen atoms in total. The molecule has 0 aliphatic heterocycles. The molecule has 0 radical (unpaired) electrons. The lowest BCUT2D eigenvalue weighted by Crippen LogP contribution is -2.00. The van der Waals surface area contributed by atoms with Crippen LogP contribution in [0.2, 0.25) is 0 Å². The van der Waals surface area contributed by atoms with Crippen molar-refractivity contribution in [3.8, 4) is 11.4 Å². The van der Waals surface area contributed by atoms with E-state index in [2.05, 4.69) is 21.7 Å². The van der Waals surface area contributed by atoms with Crippen LogP contribution >= 0.6 is 0 Å². The molecule has 2 aromatic rings. The van der Waals surface area contributed by atoms with E-state index in [0.717, 1.165) is 35.6 Å². The number of nitrogens with zero attached hydrogens (tertiary/aromatic N) is 3. The van der Waals surface area contributed by atoms with Crippen molar-refractivity contribution in [2.75, 3.05) is 5.73 Å². The van der Waals surface area contributed by atoms with Gasteiger partial charge in [0.2, 0.25) is 0 Å². The summed E-state index contributed by atoms with van der Waals surface area (Å²) in [7, 11) is 0. The van der Waals surface area contributed by atoms with Gasteiger partial charge in [0, 0.05) is 17.8 Å². The molecule has 2 N–H and O–H groups in total. The van der Waals surface area contributed by atoms with Crippen LogP contribution in [0.5, 0.6) is 0 Å². The summed E-state index contributed by atoms with van der Waals surface area (Å²) in [6.45, 7) is 5.07. The highest BCUT2D eigenvalue weighted by molar-refractivity contribution is 5.67. The summed E-state index contributed by atoms with van der Waals surface area (Å²) in [5.41, 5.74) is 8.81. The Morgan fingerprint density at radius 3 is 2.94 bits per heavy atom. The van der Waals surface area contributed by atoms with Gasteiger partial charge in [-0.3, -0.25) is 0 Å². The van der Waals surface area contributed by atoms with Crippen molar-refractivity contribution in [2.24, 2.45) is 0 Å². The molecule has 1 aromatic heterocycles. The van der Waals surface area contributed by atoms with Crippen molar-refractivity contribution < 1.29 is 0 Å². The first-order valence-electron chi connectivity index (χ1n) is 5.47. The zero-order valence-electron chi connectivity index (χ0n) is 9.64. The first-order valence-corrected chi connectivity index (χ1v) is 5.47. The smallest absolute Gasteiger partial charge is 0.164 e. The number of anilines is 1. The molecular weight excluding hydrogens is 200 g/mol. The van der Waals surface area contributed by atoms with Gasteiger partial charge in [-0.25, -0.2) is 0 Å². The monoisotopic (exact) mass is 216 g/mol. The molecule has 0 aliphatic carbocycles. The Morgan fingerprint density at radius 1 is 1.38 bits per heavy atom. The first-order chi connectivity index (χ1) is 7.74. The topological polar surface area (TPSA) is 56.7 Å². The summed E-state index contributed by atoms with van der Waals surface area (Å²) in [6.07, 6.45) is 2.83. The van der Waals surface area contributed by atoms with Crippen molar-refractivity contribution >= 4 is 5.69 Å². The van der Waals surface area contributed by atoms with Gasteiger partial charge in [0.15, 0.2) is 5.82 Å². The van der Waals surface area contributed by atoms with E-state index in [1.54, 1.807) is 6.33 Å². The lowest BCUT2D eigenvalue weighted by atomic mass is 10.1. The number of nitrogen functional groups attached to an aromatic ring is 1. The van der Waals surface area contributed by atoms with Gasteiger partial charge in [0.05, 0.1) is 0 Å². The fraction of sp³-hybridized carbons (Fsp3) is 0.333. The number of aryl methyl sites for hydroxylation is 1. The van der Waals surface area contributed by atoms with E-state index in [9.17, 15) is 0 Å². The molecule has 0 saturated heterocycles. The summed E-state index contributed by atoms with van der Waals surface area (Å²) in [4.78, 5) is 0. The van der Waals surface area contributed by atoms with Crippen molar-refractivity contribution in [1.82, 2.24) is 14.8 Å². The van der Waals surface area contributed by atoms with Crippen LogP contribution in [-0.4, -0.2) is 14.8 Å². The van der Waals surface area contributed by atoms with Crippen LogP contribution in [-0.2, 0) is 6.54 Å². The van der Waals surface area contributed by atoms with Gasteiger partial charge >= 0.3 is 0 Å². The number of nitrogens with two attached hydrogens (primary N) is 1. The van der Waals surface area contributed by atoms with E-state index in [1.807, 2.05) is 25.1 Å². The normalized spacial score (nSPS) is 10.6. The van der Waals surface area contributed by atoms with Gasteiger partial charge in [-0.15, -0.1) is 10.2 Å². The molecular formula is C12H16N4. The van der Waals surface area contributed by atoms with E-state index >= 15 is 0 Å². The van der Waals surface area contributed by atoms with Crippen LogP contribution in [0, 0.1) is 6.92 Å². The fourth-order valence-electron chi connectivity index (χ4n) is 1.76. The van der Waals surface area contributed by atoms with Crippen molar-refractivity contribution in [1.29, 1.82) is 0 Å². The Kier molecular flexibility index (Phi) is 2.90. The molecule has 0 bridgehead atoms. The van der Waals surface area contributed by atoms with Crippen molar-refractivity contribution in [3.63, 3.8) is 0 Å². The summed E-state index contributed by atoms with van der Waals surface area (Å²) in [6, 6.07) is 5.88. The van der Waals surface area contributed by atoms with E-state index in [-0.39, 0.29) is 0 Å². The van der Waals surface area contributed by atoms with Crippen LogP contribution in [0.3, 0.4) is 0 Å². The maximum absolute atomic E-state index is 5.89. The third kappa shape index (κ3) is 1.78. The fourth-order valence-corrected chi connectivity index (χ4v) is 1.76. The van der Waals surface area contributed by atoms with Gasteiger partial charge in [-0.2, -0.15) is 0 Å². The van der Waals surface area contributed by atoms with Crippen molar-refractivity contribution in [2.45, 2.75) is 26.8 Å². The highest BCUT2D eigenvalue weighted by Gasteiger charge is 2.10. The highest BCUT2D eigenvalue weighted by atomic mass is 15.3. The van der Waals surface area contributed by atoms with E-state index < -0.39 is 0 Å². The Labute approximate surface area is 95.1 Å². The molecule has 1 aromatic carbocycles. The van der Waals surface area contributed by atoms with Crippen LogP contribution in [0.1, 0.15) is 18.9 Å². The average Bonchev–Trinajstić information content (AvgIpc) is 2.71. The Hall–Kier alpha value is -1.84. The summed E-state index contributed by atoms with van der Waals surface area (Å²) in [5.74, 6) is 0.895. The minimum Gasteiger partial charge on any atom is -0.398 e. The maximum Gasteiger partial charge on any atom is 0.164 e. The van der Waals surface area contributed by atoms with Crippen LogP contribution in [0.15, 0.2) is 24.5 Å². The number of hydrogen-bond acceptors (Lipinski definition) is 3. The van der Waals surface area contributed by atoms with E-state index in [4.69, 9.17) is 5.73 Å². The molecule has 0 unspecified atom stereocenters.